The molecule has 1 fully saturated rings. The molecule has 5 heteroatoms. The van der Waals surface area contributed by atoms with Gasteiger partial charge >= 0.3 is 0 Å². The Labute approximate surface area is 147 Å². The number of fused-ring (bicyclic) bond motifs is 1. The zero-order valence-electron chi connectivity index (χ0n) is 14.5. The summed E-state index contributed by atoms with van der Waals surface area (Å²) in [5.74, 6) is 2.41. The number of rotatable bonds is 4. The van der Waals surface area contributed by atoms with Crippen LogP contribution in [0, 0.1) is 19.8 Å². The van der Waals surface area contributed by atoms with Crippen molar-refractivity contribution in [1.29, 1.82) is 0 Å². The lowest BCUT2D eigenvalue weighted by atomic mass is 9.74. The van der Waals surface area contributed by atoms with Gasteiger partial charge in [-0.25, -0.2) is 0 Å². The van der Waals surface area contributed by atoms with E-state index in [-0.39, 0.29) is 24.0 Å². The number of carbonyl (C=O) groups is 1. The molecule has 2 aliphatic rings. The first-order chi connectivity index (χ1) is 12.0. The number of furan rings is 1. The zero-order valence-corrected chi connectivity index (χ0v) is 14.5. The summed E-state index contributed by atoms with van der Waals surface area (Å²) in [6.07, 6.45) is 2.06. The van der Waals surface area contributed by atoms with E-state index in [1.54, 1.807) is 13.0 Å². The average molecular weight is 341 g/mol. The summed E-state index contributed by atoms with van der Waals surface area (Å²) in [5.41, 5.74) is 2.84. The van der Waals surface area contributed by atoms with E-state index in [1.165, 1.54) is 5.56 Å². The van der Waals surface area contributed by atoms with Crippen molar-refractivity contribution in [3.8, 4) is 5.75 Å². The van der Waals surface area contributed by atoms with Crippen molar-refractivity contribution in [2.75, 3.05) is 6.61 Å². The molecule has 1 atom stereocenters. The van der Waals surface area contributed by atoms with Gasteiger partial charge in [0.2, 0.25) is 0 Å². The summed E-state index contributed by atoms with van der Waals surface area (Å²) in [6.45, 7) is 4.35. The summed E-state index contributed by atoms with van der Waals surface area (Å²) in [5, 5.41) is 12.9. The highest BCUT2D eigenvalue weighted by molar-refractivity contribution is 5.95. The SMILES string of the molecule is Cc1cc(C(=O)N[C@@H](c2ccc3c(c2)CCO3)C2CC(O)C2)c(C)o1. The number of aliphatic hydroxyl groups excluding tert-OH is 1. The largest absolute Gasteiger partial charge is 0.493 e. The second kappa shape index (κ2) is 6.23. The maximum Gasteiger partial charge on any atom is 0.255 e. The number of hydrogen-bond donors (Lipinski definition) is 2. The second-order valence-electron chi connectivity index (χ2n) is 7.13. The number of ether oxygens (including phenoxy) is 1. The van der Waals surface area contributed by atoms with Crippen molar-refractivity contribution in [3.63, 3.8) is 0 Å². The van der Waals surface area contributed by atoms with E-state index >= 15 is 0 Å². The smallest absolute Gasteiger partial charge is 0.255 e. The Morgan fingerprint density at radius 3 is 2.76 bits per heavy atom. The van der Waals surface area contributed by atoms with Crippen LogP contribution < -0.4 is 10.1 Å². The fraction of sp³-hybridized carbons (Fsp3) is 0.450. The Hall–Kier alpha value is -2.27. The van der Waals surface area contributed by atoms with Crippen LogP contribution in [0.3, 0.4) is 0 Å². The fourth-order valence-corrected chi connectivity index (χ4v) is 3.85. The number of nitrogens with one attached hydrogen (secondary N) is 1. The van der Waals surface area contributed by atoms with Crippen LogP contribution in [0.2, 0.25) is 0 Å². The van der Waals surface area contributed by atoms with E-state index in [0.29, 0.717) is 30.8 Å². The van der Waals surface area contributed by atoms with Crippen LogP contribution in [-0.2, 0) is 6.42 Å². The van der Waals surface area contributed by atoms with Gasteiger partial charge in [-0.3, -0.25) is 4.79 Å². The van der Waals surface area contributed by atoms with E-state index in [4.69, 9.17) is 9.15 Å². The lowest BCUT2D eigenvalue weighted by Crippen LogP contribution is -2.41. The molecule has 1 aromatic carbocycles. The molecule has 0 radical (unpaired) electrons. The molecule has 0 spiro atoms. The van der Waals surface area contributed by atoms with Gasteiger partial charge in [-0.1, -0.05) is 6.07 Å². The summed E-state index contributed by atoms with van der Waals surface area (Å²) in [6, 6.07) is 7.79. The van der Waals surface area contributed by atoms with Crippen molar-refractivity contribution in [1.82, 2.24) is 5.32 Å². The van der Waals surface area contributed by atoms with Crippen molar-refractivity contribution in [3.05, 3.63) is 52.5 Å². The first-order valence-corrected chi connectivity index (χ1v) is 8.83. The van der Waals surface area contributed by atoms with Crippen LogP contribution in [0.1, 0.15) is 51.9 Å². The molecule has 1 aromatic heterocycles. The minimum Gasteiger partial charge on any atom is -0.493 e. The minimum absolute atomic E-state index is 0.114. The summed E-state index contributed by atoms with van der Waals surface area (Å²) < 4.78 is 11.1. The van der Waals surface area contributed by atoms with Crippen LogP contribution in [0.15, 0.2) is 28.7 Å². The fourth-order valence-electron chi connectivity index (χ4n) is 3.85. The van der Waals surface area contributed by atoms with Crippen LogP contribution in [-0.4, -0.2) is 23.7 Å². The van der Waals surface area contributed by atoms with E-state index in [2.05, 4.69) is 11.4 Å². The molecule has 0 bridgehead atoms. The Morgan fingerprint density at radius 2 is 2.08 bits per heavy atom. The summed E-state index contributed by atoms with van der Waals surface area (Å²) in [4.78, 5) is 12.8. The molecule has 132 valence electrons. The van der Waals surface area contributed by atoms with Gasteiger partial charge in [-0.15, -0.1) is 0 Å². The van der Waals surface area contributed by atoms with E-state index < -0.39 is 0 Å². The molecule has 1 saturated carbocycles. The summed E-state index contributed by atoms with van der Waals surface area (Å²) in [7, 11) is 0. The lowest BCUT2D eigenvalue weighted by Gasteiger charge is -2.38. The molecule has 1 aliphatic heterocycles. The van der Waals surface area contributed by atoms with E-state index in [0.717, 1.165) is 23.5 Å². The third-order valence-electron chi connectivity index (χ3n) is 5.27. The predicted molar refractivity (Wildman–Crippen MR) is 92.8 cm³/mol. The molecule has 25 heavy (non-hydrogen) atoms. The molecular weight excluding hydrogens is 318 g/mol. The van der Waals surface area contributed by atoms with Gasteiger partial charge in [0, 0.05) is 6.42 Å². The number of carbonyl (C=O) groups excluding carboxylic acids is 1. The number of aliphatic hydroxyl groups is 1. The van der Waals surface area contributed by atoms with Crippen LogP contribution in [0.25, 0.3) is 0 Å². The molecule has 0 saturated heterocycles. The molecule has 4 rings (SSSR count). The minimum atomic E-state index is -0.264. The van der Waals surface area contributed by atoms with Crippen molar-refractivity contribution >= 4 is 5.91 Å². The quantitative estimate of drug-likeness (QED) is 0.896. The Morgan fingerprint density at radius 1 is 1.28 bits per heavy atom. The van der Waals surface area contributed by atoms with Gasteiger partial charge in [0.05, 0.1) is 24.3 Å². The molecule has 1 amide bonds. The number of hydrogen-bond acceptors (Lipinski definition) is 4. The third-order valence-corrected chi connectivity index (χ3v) is 5.27. The van der Waals surface area contributed by atoms with Gasteiger partial charge in [-0.05, 0) is 61.9 Å². The maximum absolute atomic E-state index is 12.8. The standard InChI is InChI=1S/C20H23NO4/c1-11-7-17(12(2)25-11)20(23)21-19(15-9-16(22)10-15)14-3-4-18-13(8-14)5-6-24-18/h3-4,7-8,15-16,19,22H,5-6,9-10H2,1-2H3,(H,21,23)/t15?,16?,19-/m0/s1. The highest BCUT2D eigenvalue weighted by Crippen LogP contribution is 2.40. The Kier molecular flexibility index (Phi) is 4.04. The second-order valence-corrected chi connectivity index (χ2v) is 7.13. The highest BCUT2D eigenvalue weighted by Gasteiger charge is 2.36. The summed E-state index contributed by atoms with van der Waals surface area (Å²) >= 11 is 0. The Balaban J connectivity index is 1.60. The molecule has 2 N–H and O–H groups in total. The van der Waals surface area contributed by atoms with Crippen molar-refractivity contribution < 1.29 is 19.1 Å². The highest BCUT2D eigenvalue weighted by atomic mass is 16.5. The molecule has 1 aliphatic carbocycles. The van der Waals surface area contributed by atoms with Gasteiger partial charge in [0.1, 0.15) is 17.3 Å². The average Bonchev–Trinajstić information content (AvgIpc) is 3.14. The first-order valence-electron chi connectivity index (χ1n) is 8.83. The molecular formula is C20H23NO4. The molecule has 2 aromatic rings. The Bertz CT molecular complexity index is 804. The first kappa shape index (κ1) is 16.2. The monoisotopic (exact) mass is 341 g/mol. The predicted octanol–water partition coefficient (Wildman–Crippen LogP) is 3.07. The van der Waals surface area contributed by atoms with Crippen molar-refractivity contribution in [2.45, 2.75) is 45.3 Å². The molecule has 2 heterocycles. The van der Waals surface area contributed by atoms with Gasteiger partial charge < -0.3 is 19.6 Å². The van der Waals surface area contributed by atoms with Gasteiger partial charge in [0.25, 0.3) is 5.91 Å². The van der Waals surface area contributed by atoms with Gasteiger partial charge in [0.15, 0.2) is 0 Å². The zero-order chi connectivity index (χ0) is 17.6. The molecule has 5 nitrogen and oxygen atoms in total. The van der Waals surface area contributed by atoms with Crippen LogP contribution >= 0.6 is 0 Å². The number of benzene rings is 1. The number of aryl methyl sites for hydroxylation is 2. The third kappa shape index (κ3) is 3.04. The van der Waals surface area contributed by atoms with Crippen molar-refractivity contribution in [2.24, 2.45) is 5.92 Å². The maximum atomic E-state index is 12.8. The van der Waals surface area contributed by atoms with Gasteiger partial charge in [-0.2, -0.15) is 0 Å². The van der Waals surface area contributed by atoms with Crippen LogP contribution in [0.5, 0.6) is 5.75 Å². The van der Waals surface area contributed by atoms with E-state index in [9.17, 15) is 9.90 Å². The topological polar surface area (TPSA) is 71.7 Å². The normalized spacial score (nSPS) is 22.7. The molecule has 0 unspecified atom stereocenters. The lowest BCUT2D eigenvalue weighted by molar-refractivity contribution is 0.0235. The van der Waals surface area contributed by atoms with E-state index in [1.807, 2.05) is 19.1 Å². The van der Waals surface area contributed by atoms with Crippen LogP contribution in [0.4, 0.5) is 0 Å². The number of amides is 1.